The summed E-state index contributed by atoms with van der Waals surface area (Å²) in [6.45, 7) is 9.07. The van der Waals surface area contributed by atoms with E-state index in [1.807, 2.05) is 18.2 Å². The van der Waals surface area contributed by atoms with Gasteiger partial charge in [0, 0.05) is 23.7 Å². The molecule has 0 atom stereocenters. The second-order valence-electron chi connectivity index (χ2n) is 6.67. The fourth-order valence-corrected chi connectivity index (χ4v) is 3.03. The molecule has 0 saturated heterocycles. The van der Waals surface area contributed by atoms with Gasteiger partial charge in [-0.2, -0.15) is 0 Å². The van der Waals surface area contributed by atoms with Crippen molar-refractivity contribution in [2.75, 3.05) is 5.32 Å². The number of fused-ring (bicyclic) bond motifs is 1. The summed E-state index contributed by atoms with van der Waals surface area (Å²) >= 11 is 0. The highest BCUT2D eigenvalue weighted by atomic mass is 16.4. The first-order chi connectivity index (χ1) is 11.4. The highest BCUT2D eigenvalue weighted by molar-refractivity contribution is 5.82. The zero-order valence-electron chi connectivity index (χ0n) is 14.6. The minimum Gasteiger partial charge on any atom is -0.423 e. The zero-order chi connectivity index (χ0) is 17.3. The smallest absolute Gasteiger partial charge is 0.336 e. The van der Waals surface area contributed by atoms with E-state index in [4.69, 9.17) is 4.42 Å². The SMILES string of the molecule is Cc1ccc(NCc2cc(=O)oc3cc(C)c(C(C)C)cc23)cc1. The summed E-state index contributed by atoms with van der Waals surface area (Å²) in [7, 11) is 0. The molecule has 1 aromatic heterocycles. The maximum atomic E-state index is 11.9. The van der Waals surface area contributed by atoms with Crippen LogP contribution in [0, 0.1) is 13.8 Å². The second kappa shape index (κ2) is 6.52. The van der Waals surface area contributed by atoms with Gasteiger partial charge in [0.15, 0.2) is 0 Å². The van der Waals surface area contributed by atoms with Gasteiger partial charge in [0.25, 0.3) is 0 Å². The summed E-state index contributed by atoms with van der Waals surface area (Å²) in [4.78, 5) is 11.9. The van der Waals surface area contributed by atoms with E-state index in [0.717, 1.165) is 22.2 Å². The maximum absolute atomic E-state index is 11.9. The van der Waals surface area contributed by atoms with Crippen LogP contribution in [-0.4, -0.2) is 0 Å². The molecule has 0 amide bonds. The standard InChI is InChI=1S/C21H23NO2/c1-13(2)18-11-19-16(10-21(23)24-20(19)9-15(18)4)12-22-17-7-5-14(3)6-8-17/h5-11,13,22H,12H2,1-4H3. The minimum atomic E-state index is -0.306. The molecule has 0 bridgehead atoms. The molecule has 0 radical (unpaired) electrons. The van der Waals surface area contributed by atoms with Gasteiger partial charge in [-0.25, -0.2) is 4.79 Å². The Hall–Kier alpha value is -2.55. The lowest BCUT2D eigenvalue weighted by Crippen LogP contribution is -2.06. The normalized spacial score (nSPS) is 11.2. The molecule has 3 aromatic rings. The Balaban J connectivity index is 2.01. The lowest BCUT2D eigenvalue weighted by Gasteiger charge is -2.14. The summed E-state index contributed by atoms with van der Waals surface area (Å²) in [5.41, 5.74) is 6.02. The van der Waals surface area contributed by atoms with E-state index < -0.39 is 0 Å². The fourth-order valence-electron chi connectivity index (χ4n) is 3.03. The molecule has 0 aliphatic carbocycles. The molecular weight excluding hydrogens is 298 g/mol. The molecule has 0 spiro atoms. The third-order valence-electron chi connectivity index (χ3n) is 4.37. The molecule has 1 heterocycles. The Bertz CT molecular complexity index is 921. The van der Waals surface area contributed by atoms with Crippen molar-refractivity contribution in [3.8, 4) is 0 Å². The zero-order valence-corrected chi connectivity index (χ0v) is 14.6. The van der Waals surface area contributed by atoms with Crippen LogP contribution in [0.25, 0.3) is 11.0 Å². The average molecular weight is 321 g/mol. The van der Waals surface area contributed by atoms with Gasteiger partial charge in [0.2, 0.25) is 0 Å². The Morgan fingerprint density at radius 1 is 1.04 bits per heavy atom. The van der Waals surface area contributed by atoms with E-state index in [9.17, 15) is 4.79 Å². The van der Waals surface area contributed by atoms with E-state index >= 15 is 0 Å². The lowest BCUT2D eigenvalue weighted by atomic mass is 9.95. The summed E-state index contributed by atoms with van der Waals surface area (Å²) in [5, 5.41) is 4.39. The van der Waals surface area contributed by atoms with Gasteiger partial charge in [0.05, 0.1) is 0 Å². The Morgan fingerprint density at radius 3 is 2.42 bits per heavy atom. The number of benzene rings is 2. The molecule has 0 aliphatic rings. The molecule has 124 valence electrons. The largest absolute Gasteiger partial charge is 0.423 e. The molecule has 0 saturated carbocycles. The summed E-state index contributed by atoms with van der Waals surface area (Å²) in [6.07, 6.45) is 0. The van der Waals surface area contributed by atoms with Gasteiger partial charge in [-0.3, -0.25) is 0 Å². The summed E-state index contributed by atoms with van der Waals surface area (Å²) in [6, 6.07) is 14.0. The van der Waals surface area contributed by atoms with Crippen molar-refractivity contribution in [3.05, 3.63) is 75.1 Å². The Kier molecular flexibility index (Phi) is 4.43. The molecule has 1 N–H and O–H groups in total. The molecule has 3 heteroatoms. The second-order valence-corrected chi connectivity index (χ2v) is 6.67. The number of anilines is 1. The van der Waals surface area contributed by atoms with Crippen LogP contribution in [0.3, 0.4) is 0 Å². The third-order valence-corrected chi connectivity index (χ3v) is 4.37. The van der Waals surface area contributed by atoms with Crippen molar-refractivity contribution < 1.29 is 4.42 Å². The monoisotopic (exact) mass is 321 g/mol. The molecule has 24 heavy (non-hydrogen) atoms. The summed E-state index contributed by atoms with van der Waals surface area (Å²) in [5.74, 6) is 0.430. The molecule has 0 unspecified atom stereocenters. The van der Waals surface area contributed by atoms with Crippen molar-refractivity contribution in [3.63, 3.8) is 0 Å². The van der Waals surface area contributed by atoms with Crippen molar-refractivity contribution in [2.24, 2.45) is 0 Å². The number of hydrogen-bond donors (Lipinski definition) is 1. The quantitative estimate of drug-likeness (QED) is 0.676. The number of rotatable bonds is 4. The van der Waals surface area contributed by atoms with E-state index in [1.165, 1.54) is 11.1 Å². The van der Waals surface area contributed by atoms with Gasteiger partial charge < -0.3 is 9.73 Å². The van der Waals surface area contributed by atoms with Gasteiger partial charge >= 0.3 is 5.63 Å². The molecule has 0 fully saturated rings. The molecular formula is C21H23NO2. The predicted octanol–water partition coefficient (Wildman–Crippen LogP) is 5.15. The van der Waals surface area contributed by atoms with Crippen molar-refractivity contribution in [2.45, 2.75) is 40.2 Å². The van der Waals surface area contributed by atoms with Crippen molar-refractivity contribution >= 4 is 16.7 Å². The predicted molar refractivity (Wildman–Crippen MR) is 99.8 cm³/mol. The molecule has 2 aromatic carbocycles. The van der Waals surface area contributed by atoms with Gasteiger partial charge in [-0.05, 0) is 60.7 Å². The third kappa shape index (κ3) is 3.35. The van der Waals surface area contributed by atoms with E-state index in [-0.39, 0.29) is 5.63 Å². The van der Waals surface area contributed by atoms with E-state index in [1.54, 1.807) is 6.07 Å². The first-order valence-corrected chi connectivity index (χ1v) is 8.32. The maximum Gasteiger partial charge on any atom is 0.336 e. The van der Waals surface area contributed by atoms with Crippen LogP contribution in [0.5, 0.6) is 0 Å². The van der Waals surface area contributed by atoms with Crippen LogP contribution in [0.15, 0.2) is 51.7 Å². The first kappa shape index (κ1) is 16.3. The van der Waals surface area contributed by atoms with Gasteiger partial charge in [-0.1, -0.05) is 31.5 Å². The first-order valence-electron chi connectivity index (χ1n) is 8.32. The molecule has 3 nitrogen and oxygen atoms in total. The van der Waals surface area contributed by atoms with Gasteiger partial charge in [0.1, 0.15) is 5.58 Å². The lowest BCUT2D eigenvalue weighted by molar-refractivity contribution is 0.558. The van der Waals surface area contributed by atoms with Crippen molar-refractivity contribution in [1.82, 2.24) is 0 Å². The molecule has 0 aliphatic heterocycles. The number of hydrogen-bond acceptors (Lipinski definition) is 3. The van der Waals surface area contributed by atoms with Crippen LogP contribution < -0.4 is 10.9 Å². The van der Waals surface area contributed by atoms with Crippen LogP contribution in [0.1, 0.15) is 42.0 Å². The number of nitrogens with one attached hydrogen (secondary N) is 1. The average Bonchev–Trinajstić information content (AvgIpc) is 2.53. The van der Waals surface area contributed by atoms with E-state index in [2.05, 4.69) is 51.2 Å². The van der Waals surface area contributed by atoms with Gasteiger partial charge in [-0.15, -0.1) is 0 Å². The highest BCUT2D eigenvalue weighted by Crippen LogP contribution is 2.27. The fraction of sp³-hybridized carbons (Fsp3) is 0.286. The van der Waals surface area contributed by atoms with Crippen LogP contribution in [0.2, 0.25) is 0 Å². The van der Waals surface area contributed by atoms with E-state index in [0.29, 0.717) is 18.0 Å². The Morgan fingerprint density at radius 2 is 1.75 bits per heavy atom. The van der Waals surface area contributed by atoms with Crippen LogP contribution in [0.4, 0.5) is 5.69 Å². The Labute approximate surface area is 142 Å². The van der Waals surface area contributed by atoms with Crippen LogP contribution >= 0.6 is 0 Å². The summed E-state index contributed by atoms with van der Waals surface area (Å²) < 4.78 is 5.40. The highest BCUT2D eigenvalue weighted by Gasteiger charge is 2.11. The minimum absolute atomic E-state index is 0.306. The number of aryl methyl sites for hydroxylation is 2. The topological polar surface area (TPSA) is 42.2 Å². The van der Waals surface area contributed by atoms with Crippen molar-refractivity contribution in [1.29, 1.82) is 0 Å². The molecule has 3 rings (SSSR count). The van der Waals surface area contributed by atoms with Crippen LogP contribution in [-0.2, 0) is 6.54 Å².